The molecule has 4 heterocycles. The molecule has 10 rings (SSSR count). The molecule has 0 aliphatic carbocycles. The fourth-order valence-corrected chi connectivity index (χ4v) is 13.2. The smallest absolute Gasteiger partial charge is 0.573 e. The summed E-state index contributed by atoms with van der Waals surface area (Å²) >= 11 is 0. The quantitative estimate of drug-likeness (QED) is 0.0857. The summed E-state index contributed by atoms with van der Waals surface area (Å²) in [5.41, 5.74) is 5.52. The molecule has 4 aromatic heterocycles. The van der Waals surface area contributed by atoms with Gasteiger partial charge in [0.2, 0.25) is 0 Å². The van der Waals surface area contributed by atoms with Gasteiger partial charge in [-0.05, 0) is 78.7 Å². The van der Waals surface area contributed by atoms with Crippen LogP contribution in [0.5, 0.6) is 0 Å². The average molecular weight is 1010 g/mol. The van der Waals surface area contributed by atoms with Gasteiger partial charge in [0.1, 0.15) is 10.6 Å². The van der Waals surface area contributed by atoms with Crippen molar-refractivity contribution in [3.05, 3.63) is 236 Å². The molecule has 0 saturated carbocycles. The second-order valence-corrected chi connectivity index (χ2v) is 23.9. The van der Waals surface area contributed by atoms with E-state index in [-0.39, 0.29) is 30.3 Å². The van der Waals surface area contributed by atoms with E-state index < -0.39 is 15.2 Å². The van der Waals surface area contributed by atoms with Gasteiger partial charge in [-0.2, -0.15) is 6.66 Å². The Kier molecular flexibility index (Phi) is 16.3. The first kappa shape index (κ1) is 49.7. The zero-order valence-corrected chi connectivity index (χ0v) is 43.1. The molecule has 9 heteroatoms. The third kappa shape index (κ3) is 11.9. The molecular weight excluding hydrogens is 956 g/mol. The van der Waals surface area contributed by atoms with Crippen molar-refractivity contribution in [3.63, 3.8) is 0 Å². The maximum Gasteiger partial charge on any atom is 3.00 e. The molecule has 6 nitrogen and oxygen atoms in total. The average Bonchev–Trinajstić information content (AvgIpc) is 4.08. The van der Waals surface area contributed by atoms with Gasteiger partial charge in [0.15, 0.2) is 0 Å². The van der Waals surface area contributed by atoms with Crippen LogP contribution in [0, 0.1) is 6.66 Å². The first-order chi connectivity index (χ1) is 32.4. The van der Waals surface area contributed by atoms with Crippen LogP contribution >= 0.6 is 15.2 Å². The third-order valence-electron chi connectivity index (χ3n) is 11.5. The number of hydrogen-bond donors (Lipinski definition) is 0. The first-order valence-electron chi connectivity index (χ1n) is 22.6. The van der Waals surface area contributed by atoms with Crippen LogP contribution in [0.2, 0.25) is 0 Å². The Balaban J connectivity index is 0.000000155. The van der Waals surface area contributed by atoms with E-state index in [4.69, 9.17) is 6.66 Å². The van der Waals surface area contributed by atoms with E-state index in [2.05, 4.69) is 229 Å². The van der Waals surface area contributed by atoms with Gasteiger partial charge >= 0.3 is 19.5 Å². The summed E-state index contributed by atoms with van der Waals surface area (Å²) in [6, 6.07) is 67.7. The van der Waals surface area contributed by atoms with Crippen molar-refractivity contribution >= 4 is 57.9 Å². The van der Waals surface area contributed by atoms with Crippen LogP contribution in [0.3, 0.4) is 0 Å². The fourth-order valence-electron chi connectivity index (χ4n) is 7.71. The van der Waals surface area contributed by atoms with E-state index in [1.54, 1.807) is 0 Å². The second kappa shape index (κ2) is 22.3. The van der Waals surface area contributed by atoms with Crippen LogP contribution in [0.25, 0.3) is 44.3 Å². The van der Waals surface area contributed by atoms with Gasteiger partial charge in [0.25, 0.3) is 0 Å². The molecule has 0 unspecified atom stereocenters. The van der Waals surface area contributed by atoms with Gasteiger partial charge < -0.3 is 20.4 Å². The number of nitrogens with zero attached hydrogens (tertiary/aromatic N) is 6. The molecule has 0 bridgehead atoms. The van der Waals surface area contributed by atoms with Gasteiger partial charge in [0.05, 0.1) is 41.6 Å². The van der Waals surface area contributed by atoms with Gasteiger partial charge in [-0.1, -0.05) is 186 Å². The maximum absolute atomic E-state index is 4.81. The van der Waals surface area contributed by atoms with Crippen molar-refractivity contribution in [2.24, 2.45) is 0 Å². The maximum atomic E-state index is 4.81. The molecule has 68 heavy (non-hydrogen) atoms. The van der Waals surface area contributed by atoms with Gasteiger partial charge in [-0.25, -0.2) is 0 Å². The second-order valence-electron chi connectivity index (χ2n) is 18.5. The topological polar surface area (TPSA) is 79.8 Å². The van der Waals surface area contributed by atoms with Crippen molar-refractivity contribution in [1.29, 1.82) is 0 Å². The Morgan fingerprint density at radius 3 is 1.19 bits per heavy atom. The molecule has 339 valence electrons. The minimum absolute atomic E-state index is 0. The van der Waals surface area contributed by atoms with Gasteiger partial charge in [-0.3, -0.25) is 9.97 Å². The number of hydrogen-bond acceptors (Lipinski definition) is 4. The number of aromatic nitrogens is 6. The fraction of sp³-hybridized carbons (Fsp3) is 0.136. The van der Waals surface area contributed by atoms with Crippen LogP contribution in [-0.2, 0) is 30.3 Å². The van der Waals surface area contributed by atoms with Crippen molar-refractivity contribution in [2.45, 2.75) is 52.4 Å². The Morgan fingerprint density at radius 2 is 0.824 bits per heavy atom. The van der Waals surface area contributed by atoms with Gasteiger partial charge in [-0.15, -0.1) is 0 Å². The molecule has 1 radical (unpaired) electrons. The van der Waals surface area contributed by atoms with E-state index in [0.29, 0.717) is 0 Å². The standard InChI is InChI=1S/C27H24P2.2C16H16N3.Ru/c1-29(26-18-10-4-11-19-26,27-20-12-5-13-21-27)23-22-28(24-14-6-2-7-15-24)25-16-8-3-9-17-25;2*1-16(2,3)14-10-13(18-19-14)15-12-7-5-4-6-11(12)8-9-17-15;/h2-23H,1H2;2*4-10H,1-3H3;/q;2*-1;+3/p+1/b23-22-;;;. The molecule has 0 atom stereocenters. The van der Waals surface area contributed by atoms with Crippen LogP contribution in [0.15, 0.2) is 218 Å². The Labute approximate surface area is 416 Å². The zero-order chi connectivity index (χ0) is 46.9. The Morgan fingerprint density at radius 1 is 0.471 bits per heavy atom. The van der Waals surface area contributed by atoms with E-state index in [1.165, 1.54) is 32.0 Å². The monoisotopic (exact) mass is 1010 g/mol. The molecule has 10 aromatic rings. The number of fused-ring (bicyclic) bond motifs is 2. The SMILES string of the molecule is CC(C)(C)c1cc(-c2nccc3ccccc23)[n-]n1.CC(C)(C)c1cc(-c2nccc3ccccc23)[n-]n1.[CH2-][P+](/C=C\[PH+](c1ccccc1)c1ccccc1)(c1ccccc1)c1ccccc1.[Ru+3]. The molecule has 0 amide bonds. The van der Waals surface area contributed by atoms with Crippen LogP contribution < -0.4 is 31.4 Å². The van der Waals surface area contributed by atoms with E-state index in [0.717, 1.165) is 44.9 Å². The summed E-state index contributed by atoms with van der Waals surface area (Å²) in [6.07, 6.45) is 3.65. The van der Waals surface area contributed by atoms with Crippen molar-refractivity contribution in [3.8, 4) is 22.8 Å². The molecule has 6 aromatic carbocycles. The summed E-state index contributed by atoms with van der Waals surface area (Å²) in [4.78, 5) is 8.94. The molecule has 0 aliphatic rings. The summed E-state index contributed by atoms with van der Waals surface area (Å²) in [5, 5.41) is 27.1. The minimum atomic E-state index is -1.87. The number of pyridine rings is 2. The molecule has 0 aliphatic heterocycles. The normalized spacial score (nSPS) is 11.7. The van der Waals surface area contributed by atoms with Crippen molar-refractivity contribution in [1.82, 2.24) is 30.4 Å². The van der Waals surface area contributed by atoms with E-state index in [9.17, 15) is 0 Å². The third-order valence-corrected chi connectivity index (χ3v) is 17.3. The summed E-state index contributed by atoms with van der Waals surface area (Å²) < 4.78 is 0. The van der Waals surface area contributed by atoms with Crippen molar-refractivity contribution < 1.29 is 19.5 Å². The molecular formula is C59H57N6P2Ru+2. The molecule has 0 saturated heterocycles. The van der Waals surface area contributed by atoms with Crippen LogP contribution in [0.4, 0.5) is 0 Å². The van der Waals surface area contributed by atoms with Crippen LogP contribution in [-0.4, -0.2) is 20.2 Å². The summed E-state index contributed by atoms with van der Waals surface area (Å²) in [5.74, 6) is 4.88. The minimum Gasteiger partial charge on any atom is -0.573 e. The Bertz CT molecular complexity index is 2960. The summed E-state index contributed by atoms with van der Waals surface area (Å²) in [6.45, 7) is 17.6. The molecule has 0 N–H and O–H groups in total. The predicted molar refractivity (Wildman–Crippen MR) is 288 cm³/mol. The number of rotatable bonds is 8. The summed E-state index contributed by atoms with van der Waals surface area (Å²) in [7, 11) is -2.91. The van der Waals surface area contributed by atoms with Crippen molar-refractivity contribution in [2.75, 3.05) is 0 Å². The zero-order valence-electron chi connectivity index (χ0n) is 39.5. The van der Waals surface area contributed by atoms with Crippen LogP contribution in [0.1, 0.15) is 52.9 Å². The van der Waals surface area contributed by atoms with E-state index in [1.807, 2.05) is 60.9 Å². The first-order valence-corrected chi connectivity index (χ1v) is 26.2. The predicted octanol–water partition coefficient (Wildman–Crippen LogP) is 12.9. The van der Waals surface area contributed by atoms with E-state index >= 15 is 0 Å². The van der Waals surface area contributed by atoms with Gasteiger partial charge in [0, 0.05) is 45.4 Å². The molecule has 0 spiro atoms. The largest absolute Gasteiger partial charge is 3.00 e. The number of benzene rings is 6. The Hall–Kier alpha value is -6.22. The molecule has 0 fully saturated rings.